The molecular weight excluding hydrogens is 417 g/mol. The summed E-state index contributed by atoms with van der Waals surface area (Å²) in [5.41, 5.74) is 4.63. The molecule has 1 aromatic heterocycles. The lowest BCUT2D eigenvalue weighted by molar-refractivity contribution is -0.127. The summed E-state index contributed by atoms with van der Waals surface area (Å²) in [7, 11) is 0. The van der Waals surface area contributed by atoms with Gasteiger partial charge in [-0.3, -0.25) is 4.79 Å². The molecule has 1 amide bonds. The Labute approximate surface area is 177 Å². The van der Waals surface area contributed by atoms with E-state index in [9.17, 15) is 4.79 Å². The van der Waals surface area contributed by atoms with Crippen LogP contribution in [0.15, 0.2) is 59.0 Å². The molecule has 0 unspecified atom stereocenters. The van der Waals surface area contributed by atoms with Crippen LogP contribution in [-0.2, 0) is 11.3 Å². The Hall–Kier alpha value is -2.28. The molecule has 0 bridgehead atoms. The Bertz CT molecular complexity index is 1030. The highest BCUT2D eigenvalue weighted by molar-refractivity contribution is 7.07. The summed E-state index contributed by atoms with van der Waals surface area (Å²) in [6.07, 6.45) is -0.715. The van der Waals surface area contributed by atoms with E-state index in [1.807, 2.05) is 41.1 Å². The highest BCUT2D eigenvalue weighted by Crippen LogP contribution is 2.22. The van der Waals surface area contributed by atoms with Crippen LogP contribution in [0.1, 0.15) is 13.8 Å². The predicted octanol–water partition coefficient (Wildman–Crippen LogP) is 4.94. The molecule has 2 aromatic carbocycles. The third-order valence-corrected chi connectivity index (χ3v) is 5.34. The van der Waals surface area contributed by atoms with Gasteiger partial charge < -0.3 is 9.30 Å². The van der Waals surface area contributed by atoms with Crippen molar-refractivity contribution in [2.75, 3.05) is 0 Å². The van der Waals surface area contributed by atoms with Gasteiger partial charge in [-0.2, -0.15) is 0 Å². The maximum atomic E-state index is 12.3. The van der Waals surface area contributed by atoms with Crippen LogP contribution in [0.5, 0.6) is 5.75 Å². The highest BCUT2D eigenvalue weighted by Gasteiger charge is 2.15. The number of benzene rings is 2. The fraction of sp³-hybridized carbons (Fsp3) is 0.200. The predicted molar refractivity (Wildman–Crippen MR) is 114 cm³/mol. The quantitative estimate of drug-likeness (QED) is 0.557. The van der Waals surface area contributed by atoms with Crippen LogP contribution in [0.2, 0.25) is 10.0 Å². The van der Waals surface area contributed by atoms with Crippen molar-refractivity contribution in [1.82, 2.24) is 9.99 Å². The van der Waals surface area contributed by atoms with Gasteiger partial charge in [-0.15, -0.1) is 16.4 Å². The monoisotopic (exact) mass is 435 g/mol. The van der Waals surface area contributed by atoms with Crippen LogP contribution in [-0.4, -0.2) is 16.6 Å². The molecule has 5 nitrogen and oxygen atoms in total. The van der Waals surface area contributed by atoms with E-state index in [0.717, 1.165) is 11.3 Å². The van der Waals surface area contributed by atoms with Crippen LogP contribution in [0.4, 0.5) is 0 Å². The molecule has 0 aliphatic rings. The second kappa shape index (κ2) is 9.28. The second-order valence-corrected chi connectivity index (χ2v) is 7.67. The number of aromatic nitrogens is 1. The summed E-state index contributed by atoms with van der Waals surface area (Å²) in [5.74, 6) is 0.184. The number of carbonyl (C=O) groups excluding carboxylic acids is 1. The Morgan fingerprint density at radius 3 is 2.64 bits per heavy atom. The number of amides is 1. The van der Waals surface area contributed by atoms with Crippen LogP contribution in [0.3, 0.4) is 0 Å². The highest BCUT2D eigenvalue weighted by atomic mass is 35.5. The molecule has 28 heavy (non-hydrogen) atoms. The SMILES string of the molecule is CCn1c(-c2ccc(Cl)cc2)cs/c1=N\NC(=O)[C@H](C)Oc1cccc(Cl)c1. The molecule has 146 valence electrons. The normalized spacial score (nSPS) is 12.6. The second-order valence-electron chi connectivity index (χ2n) is 5.96. The Morgan fingerprint density at radius 2 is 1.96 bits per heavy atom. The maximum absolute atomic E-state index is 12.3. The average Bonchev–Trinajstić information content (AvgIpc) is 3.09. The van der Waals surface area contributed by atoms with Crippen molar-refractivity contribution in [3.63, 3.8) is 0 Å². The zero-order valence-electron chi connectivity index (χ0n) is 15.4. The summed E-state index contributed by atoms with van der Waals surface area (Å²) < 4.78 is 7.64. The largest absolute Gasteiger partial charge is 0.481 e. The number of carbonyl (C=O) groups is 1. The van der Waals surface area contributed by atoms with Gasteiger partial charge in [0.25, 0.3) is 5.91 Å². The molecule has 1 heterocycles. The number of nitrogens with zero attached hydrogens (tertiary/aromatic N) is 2. The van der Waals surface area contributed by atoms with E-state index in [-0.39, 0.29) is 5.91 Å². The van der Waals surface area contributed by atoms with E-state index in [2.05, 4.69) is 10.5 Å². The number of hydrogen-bond donors (Lipinski definition) is 1. The van der Waals surface area contributed by atoms with Crippen molar-refractivity contribution in [1.29, 1.82) is 0 Å². The van der Waals surface area contributed by atoms with Crippen molar-refractivity contribution < 1.29 is 9.53 Å². The van der Waals surface area contributed by atoms with Gasteiger partial charge in [0.1, 0.15) is 5.75 Å². The van der Waals surface area contributed by atoms with Gasteiger partial charge in [-0.25, -0.2) is 5.43 Å². The number of ether oxygens (including phenoxy) is 1. The summed E-state index contributed by atoms with van der Waals surface area (Å²) in [4.78, 5) is 13.0. The number of nitrogens with one attached hydrogen (secondary N) is 1. The minimum atomic E-state index is -0.715. The molecule has 0 aliphatic carbocycles. The molecule has 1 atom stereocenters. The van der Waals surface area contributed by atoms with Gasteiger partial charge in [-0.05, 0) is 49.7 Å². The first-order valence-corrected chi connectivity index (χ1v) is 10.3. The summed E-state index contributed by atoms with van der Waals surface area (Å²) in [6, 6.07) is 14.5. The first-order chi connectivity index (χ1) is 13.5. The number of halogens is 2. The Morgan fingerprint density at radius 1 is 1.21 bits per heavy atom. The van der Waals surface area contributed by atoms with Crippen molar-refractivity contribution in [2.24, 2.45) is 5.10 Å². The van der Waals surface area contributed by atoms with Crippen LogP contribution in [0.25, 0.3) is 11.3 Å². The molecular formula is C20H19Cl2N3O2S. The summed E-state index contributed by atoms with van der Waals surface area (Å²) in [5, 5.41) is 7.51. The molecule has 0 radical (unpaired) electrons. The first-order valence-electron chi connectivity index (χ1n) is 8.68. The lowest BCUT2D eigenvalue weighted by atomic mass is 10.2. The van der Waals surface area contributed by atoms with Gasteiger partial charge in [0.2, 0.25) is 4.80 Å². The van der Waals surface area contributed by atoms with Crippen molar-refractivity contribution >= 4 is 40.4 Å². The molecule has 0 aliphatic heterocycles. The molecule has 0 fully saturated rings. The molecule has 1 N–H and O–H groups in total. The van der Waals surface area contributed by atoms with E-state index in [1.165, 1.54) is 11.3 Å². The lowest BCUT2D eigenvalue weighted by Gasteiger charge is -2.13. The molecule has 3 aromatic rings. The third kappa shape index (κ3) is 4.95. The number of hydrogen-bond acceptors (Lipinski definition) is 4. The maximum Gasteiger partial charge on any atom is 0.280 e. The van der Waals surface area contributed by atoms with E-state index in [0.29, 0.717) is 27.1 Å². The summed E-state index contributed by atoms with van der Waals surface area (Å²) >= 11 is 13.4. The standard InChI is InChI=1S/C20H19Cl2N3O2S/c1-3-25-18(14-7-9-15(21)10-8-14)12-28-20(25)24-23-19(26)13(2)27-17-6-4-5-16(22)11-17/h4-13H,3H2,1-2H3,(H,23,26)/b24-20-/t13-/m0/s1. The Kier molecular flexibility index (Phi) is 6.78. The third-order valence-electron chi connectivity index (χ3n) is 3.99. The zero-order chi connectivity index (χ0) is 20.1. The number of thiazole rings is 1. The van der Waals surface area contributed by atoms with Crippen molar-refractivity contribution in [2.45, 2.75) is 26.5 Å². The van der Waals surface area contributed by atoms with Crippen molar-refractivity contribution in [3.05, 3.63) is 68.8 Å². The minimum Gasteiger partial charge on any atom is -0.481 e. The topological polar surface area (TPSA) is 55.6 Å². The van der Waals surface area contributed by atoms with E-state index in [4.69, 9.17) is 27.9 Å². The fourth-order valence-electron chi connectivity index (χ4n) is 2.57. The van der Waals surface area contributed by atoms with Crippen LogP contribution >= 0.6 is 34.5 Å². The molecule has 8 heteroatoms. The van der Waals surface area contributed by atoms with Crippen molar-refractivity contribution in [3.8, 4) is 17.0 Å². The van der Waals surface area contributed by atoms with E-state index < -0.39 is 6.10 Å². The minimum absolute atomic E-state index is 0.343. The van der Waals surface area contributed by atoms with Gasteiger partial charge in [-0.1, -0.05) is 41.4 Å². The van der Waals surface area contributed by atoms with Crippen LogP contribution in [0, 0.1) is 0 Å². The molecule has 3 rings (SSSR count). The number of rotatable bonds is 6. The van der Waals surface area contributed by atoms with Crippen LogP contribution < -0.4 is 15.0 Å². The first kappa shape index (κ1) is 20.5. The van der Waals surface area contributed by atoms with Gasteiger partial charge in [0, 0.05) is 22.0 Å². The molecule has 0 saturated carbocycles. The lowest BCUT2D eigenvalue weighted by Crippen LogP contribution is -2.35. The van der Waals surface area contributed by atoms with Gasteiger partial charge in [0.05, 0.1) is 5.69 Å². The van der Waals surface area contributed by atoms with E-state index >= 15 is 0 Å². The average molecular weight is 436 g/mol. The Balaban J connectivity index is 1.74. The van der Waals surface area contributed by atoms with Gasteiger partial charge in [0.15, 0.2) is 6.10 Å². The fourth-order valence-corrected chi connectivity index (χ4v) is 3.81. The smallest absolute Gasteiger partial charge is 0.280 e. The summed E-state index contributed by atoms with van der Waals surface area (Å²) in [6.45, 7) is 4.40. The zero-order valence-corrected chi connectivity index (χ0v) is 17.7. The van der Waals surface area contributed by atoms with Gasteiger partial charge >= 0.3 is 0 Å². The van der Waals surface area contributed by atoms with E-state index in [1.54, 1.807) is 31.2 Å². The molecule has 0 saturated heterocycles. The molecule has 0 spiro atoms.